The van der Waals surface area contributed by atoms with E-state index in [2.05, 4.69) is 10.6 Å². The summed E-state index contributed by atoms with van der Waals surface area (Å²) < 4.78 is 51.7. The van der Waals surface area contributed by atoms with E-state index in [-0.39, 0.29) is 28.2 Å². The van der Waals surface area contributed by atoms with Gasteiger partial charge in [0.2, 0.25) is 0 Å². The Morgan fingerprint density at radius 1 is 1.17 bits per heavy atom. The third-order valence-corrected chi connectivity index (χ3v) is 3.86. The van der Waals surface area contributed by atoms with E-state index < -0.39 is 11.7 Å². The van der Waals surface area contributed by atoms with Gasteiger partial charge in [-0.05, 0) is 60.6 Å². The molecule has 2 nitrogen and oxygen atoms in total. The highest BCUT2D eigenvalue weighted by Gasteiger charge is 2.33. The lowest BCUT2D eigenvalue weighted by atomic mass is 10.1. The summed E-state index contributed by atoms with van der Waals surface area (Å²) in [6.07, 6.45) is -4.55. The van der Waals surface area contributed by atoms with Gasteiger partial charge in [0.05, 0.1) is 10.6 Å². The van der Waals surface area contributed by atoms with E-state index >= 15 is 0 Å². The number of aryl methyl sites for hydroxylation is 1. The van der Waals surface area contributed by atoms with Crippen LogP contribution in [0.4, 0.5) is 23.2 Å². The van der Waals surface area contributed by atoms with Crippen molar-refractivity contribution in [1.82, 2.24) is 5.32 Å². The summed E-state index contributed by atoms with van der Waals surface area (Å²) in [5, 5.41) is 5.21. The Kier molecular flexibility index (Phi) is 5.66. The lowest BCUT2D eigenvalue weighted by Crippen LogP contribution is -2.28. The summed E-state index contributed by atoms with van der Waals surface area (Å²) in [6, 6.07) is 7.77. The molecule has 24 heavy (non-hydrogen) atoms. The molecule has 0 spiro atoms. The highest BCUT2D eigenvalue weighted by molar-refractivity contribution is 7.80. The van der Waals surface area contributed by atoms with Crippen LogP contribution in [-0.2, 0) is 12.7 Å². The molecule has 0 saturated carbocycles. The molecule has 0 unspecified atom stereocenters. The van der Waals surface area contributed by atoms with E-state index in [1.54, 1.807) is 6.07 Å². The molecule has 0 fully saturated rings. The summed E-state index contributed by atoms with van der Waals surface area (Å²) in [5.41, 5.74) is 0.780. The van der Waals surface area contributed by atoms with E-state index in [0.717, 1.165) is 17.7 Å². The van der Waals surface area contributed by atoms with Gasteiger partial charge in [0.25, 0.3) is 0 Å². The monoisotopic (exact) mass is 376 g/mol. The number of hydrogen-bond donors (Lipinski definition) is 2. The first-order chi connectivity index (χ1) is 11.2. The number of halogens is 5. The molecule has 0 aromatic heterocycles. The molecule has 0 heterocycles. The highest BCUT2D eigenvalue weighted by atomic mass is 35.5. The van der Waals surface area contributed by atoms with Crippen molar-refractivity contribution in [2.75, 3.05) is 5.32 Å². The van der Waals surface area contributed by atoms with Crippen LogP contribution in [0.1, 0.15) is 16.7 Å². The predicted molar refractivity (Wildman–Crippen MR) is 90.7 cm³/mol. The van der Waals surface area contributed by atoms with Gasteiger partial charge in [-0.25, -0.2) is 4.39 Å². The largest absolute Gasteiger partial charge is 0.417 e. The Labute approximate surface area is 146 Å². The molecular formula is C16H13ClF4N2S. The van der Waals surface area contributed by atoms with Crippen LogP contribution in [0.15, 0.2) is 36.4 Å². The van der Waals surface area contributed by atoms with Gasteiger partial charge in [0.15, 0.2) is 5.11 Å². The Balaban J connectivity index is 2.04. The van der Waals surface area contributed by atoms with Gasteiger partial charge < -0.3 is 10.6 Å². The Morgan fingerprint density at radius 2 is 1.88 bits per heavy atom. The zero-order chi connectivity index (χ0) is 17.9. The molecule has 2 N–H and O–H groups in total. The van der Waals surface area contributed by atoms with E-state index in [4.69, 9.17) is 23.8 Å². The number of anilines is 1. The number of nitrogens with one attached hydrogen (secondary N) is 2. The molecule has 0 bridgehead atoms. The SMILES string of the molecule is Cc1ccc(F)cc1CNC(=S)Nc1ccc(Cl)c(C(F)(F)F)c1. The Morgan fingerprint density at radius 3 is 2.54 bits per heavy atom. The summed E-state index contributed by atoms with van der Waals surface area (Å²) in [5.74, 6) is -0.371. The predicted octanol–water partition coefficient (Wildman–Crippen LogP) is 5.29. The van der Waals surface area contributed by atoms with Crippen LogP contribution in [0.25, 0.3) is 0 Å². The fraction of sp³-hybridized carbons (Fsp3) is 0.188. The van der Waals surface area contributed by atoms with Crippen molar-refractivity contribution in [2.45, 2.75) is 19.6 Å². The minimum Gasteiger partial charge on any atom is -0.358 e. The van der Waals surface area contributed by atoms with Crippen LogP contribution in [0.5, 0.6) is 0 Å². The van der Waals surface area contributed by atoms with Crippen molar-refractivity contribution in [1.29, 1.82) is 0 Å². The molecule has 2 rings (SSSR count). The molecule has 0 atom stereocenters. The van der Waals surface area contributed by atoms with Crippen LogP contribution in [-0.4, -0.2) is 5.11 Å². The molecule has 0 amide bonds. The highest BCUT2D eigenvalue weighted by Crippen LogP contribution is 2.36. The fourth-order valence-electron chi connectivity index (χ4n) is 2.00. The second-order valence-corrected chi connectivity index (χ2v) is 5.89. The van der Waals surface area contributed by atoms with Crippen LogP contribution >= 0.6 is 23.8 Å². The first kappa shape index (κ1) is 18.5. The molecule has 2 aromatic rings. The summed E-state index contributed by atoms with van der Waals surface area (Å²) >= 11 is 10.6. The Bertz CT molecular complexity index is 762. The van der Waals surface area contributed by atoms with Gasteiger partial charge in [-0.2, -0.15) is 13.2 Å². The van der Waals surface area contributed by atoms with Gasteiger partial charge in [-0.3, -0.25) is 0 Å². The van der Waals surface area contributed by atoms with Crippen molar-refractivity contribution >= 4 is 34.6 Å². The van der Waals surface area contributed by atoms with Crippen molar-refractivity contribution < 1.29 is 17.6 Å². The first-order valence-corrected chi connectivity index (χ1v) is 7.62. The number of thiocarbonyl (C=S) groups is 1. The van der Waals surface area contributed by atoms with E-state index in [1.165, 1.54) is 18.2 Å². The second-order valence-electron chi connectivity index (χ2n) is 5.07. The topological polar surface area (TPSA) is 24.1 Å². The van der Waals surface area contributed by atoms with E-state index in [0.29, 0.717) is 5.56 Å². The van der Waals surface area contributed by atoms with Crippen molar-refractivity contribution in [3.05, 3.63) is 63.9 Å². The quantitative estimate of drug-likeness (QED) is 0.562. The van der Waals surface area contributed by atoms with Crippen molar-refractivity contribution in [3.8, 4) is 0 Å². The average molecular weight is 377 g/mol. The maximum atomic E-state index is 13.2. The second kappa shape index (κ2) is 7.36. The Hall–Kier alpha value is -1.86. The minimum atomic E-state index is -4.55. The summed E-state index contributed by atoms with van der Waals surface area (Å²) in [6.45, 7) is 2.07. The third kappa shape index (κ3) is 4.82. The number of alkyl halides is 3. The summed E-state index contributed by atoms with van der Waals surface area (Å²) in [4.78, 5) is 0. The molecule has 0 radical (unpaired) electrons. The molecule has 128 valence electrons. The van der Waals surface area contributed by atoms with Gasteiger partial charge in [0.1, 0.15) is 5.82 Å². The normalized spacial score (nSPS) is 11.2. The lowest BCUT2D eigenvalue weighted by Gasteiger charge is -2.14. The van der Waals surface area contributed by atoms with Crippen LogP contribution < -0.4 is 10.6 Å². The molecule has 0 aliphatic heterocycles. The maximum absolute atomic E-state index is 13.2. The zero-order valence-electron chi connectivity index (χ0n) is 12.5. The van der Waals surface area contributed by atoms with Gasteiger partial charge in [-0.15, -0.1) is 0 Å². The summed E-state index contributed by atoms with van der Waals surface area (Å²) in [7, 11) is 0. The average Bonchev–Trinajstić information content (AvgIpc) is 2.49. The number of hydrogen-bond acceptors (Lipinski definition) is 1. The molecule has 0 saturated heterocycles. The molecule has 2 aromatic carbocycles. The first-order valence-electron chi connectivity index (χ1n) is 6.83. The molecule has 0 aliphatic rings. The fourth-order valence-corrected chi connectivity index (χ4v) is 2.42. The molecule has 8 heteroatoms. The van der Waals surface area contributed by atoms with Crippen LogP contribution in [0.2, 0.25) is 5.02 Å². The zero-order valence-corrected chi connectivity index (χ0v) is 14.0. The van der Waals surface area contributed by atoms with Gasteiger partial charge >= 0.3 is 6.18 Å². The smallest absolute Gasteiger partial charge is 0.358 e. The van der Waals surface area contributed by atoms with Crippen LogP contribution in [0.3, 0.4) is 0 Å². The van der Waals surface area contributed by atoms with Gasteiger partial charge in [-0.1, -0.05) is 17.7 Å². The van der Waals surface area contributed by atoms with Crippen molar-refractivity contribution in [2.24, 2.45) is 0 Å². The minimum absolute atomic E-state index is 0.120. The van der Waals surface area contributed by atoms with Gasteiger partial charge in [0, 0.05) is 12.2 Å². The van der Waals surface area contributed by atoms with Crippen LogP contribution in [0, 0.1) is 12.7 Å². The van der Waals surface area contributed by atoms with Crippen molar-refractivity contribution in [3.63, 3.8) is 0 Å². The molecule has 0 aliphatic carbocycles. The van der Waals surface area contributed by atoms with E-state index in [1.807, 2.05) is 6.92 Å². The lowest BCUT2D eigenvalue weighted by molar-refractivity contribution is -0.137. The number of benzene rings is 2. The number of rotatable bonds is 3. The standard InChI is InChI=1S/C16H13ClF4N2S/c1-9-2-3-11(18)6-10(9)8-22-15(24)23-12-4-5-14(17)13(7-12)16(19,20)21/h2-7H,8H2,1H3,(H2,22,23,24). The third-order valence-electron chi connectivity index (χ3n) is 3.28. The van der Waals surface area contributed by atoms with E-state index in [9.17, 15) is 17.6 Å². The molecular weight excluding hydrogens is 364 g/mol. The maximum Gasteiger partial charge on any atom is 0.417 e.